The van der Waals surface area contributed by atoms with E-state index in [1.165, 1.54) is 30.5 Å². The second kappa shape index (κ2) is 13.6. The van der Waals surface area contributed by atoms with Crippen molar-refractivity contribution in [3.8, 4) is 17.1 Å². The van der Waals surface area contributed by atoms with Crippen molar-refractivity contribution in [3.05, 3.63) is 72.3 Å². The van der Waals surface area contributed by atoms with Gasteiger partial charge >= 0.3 is 0 Å². The van der Waals surface area contributed by atoms with Crippen molar-refractivity contribution in [2.45, 2.75) is 58.4 Å². The molecule has 1 atom stereocenters. The average molecular weight is 609 g/mol. The van der Waals surface area contributed by atoms with Crippen LogP contribution in [0.1, 0.15) is 52.5 Å². The van der Waals surface area contributed by atoms with E-state index in [4.69, 9.17) is 9.72 Å². The summed E-state index contributed by atoms with van der Waals surface area (Å²) in [7, 11) is 0. The van der Waals surface area contributed by atoms with E-state index in [1.54, 1.807) is 0 Å². The Morgan fingerprint density at radius 2 is 1.71 bits per heavy atom. The Hall–Kier alpha value is -3.88. The van der Waals surface area contributed by atoms with Gasteiger partial charge in [-0.05, 0) is 73.7 Å². The number of hydrogen-bond acceptors (Lipinski definition) is 6. The van der Waals surface area contributed by atoms with Gasteiger partial charge in [0.2, 0.25) is 5.91 Å². The molecule has 2 aliphatic rings. The lowest BCUT2D eigenvalue weighted by Crippen LogP contribution is -2.47. The van der Waals surface area contributed by atoms with Gasteiger partial charge in [0, 0.05) is 50.0 Å². The number of carbonyl (C=O) groups is 1. The molecule has 2 N–H and O–H groups in total. The lowest BCUT2D eigenvalue weighted by atomic mass is 9.87. The fourth-order valence-corrected chi connectivity index (χ4v) is 6.45. The van der Waals surface area contributed by atoms with Crippen molar-refractivity contribution in [1.29, 1.82) is 0 Å². The molecule has 0 radical (unpaired) electrons. The second-order valence-corrected chi connectivity index (χ2v) is 13.7. The lowest BCUT2D eigenvalue weighted by molar-refractivity contribution is -0.118. The number of aromatic amines is 1. The first-order valence-electron chi connectivity index (χ1n) is 16.6. The third-order valence-corrected chi connectivity index (χ3v) is 9.33. The van der Waals surface area contributed by atoms with E-state index in [0.29, 0.717) is 19.2 Å². The van der Waals surface area contributed by atoms with Crippen LogP contribution in [0.3, 0.4) is 0 Å². The molecule has 0 saturated carbocycles. The van der Waals surface area contributed by atoms with Crippen LogP contribution in [0.2, 0.25) is 0 Å². The third-order valence-electron chi connectivity index (χ3n) is 9.33. The predicted octanol–water partition coefficient (Wildman–Crippen LogP) is 6.54. The number of imidazole rings is 1. The first-order chi connectivity index (χ1) is 21.7. The fraction of sp³-hybridized carbons (Fsp3) is 0.459. The normalized spacial score (nSPS) is 18.3. The highest BCUT2D eigenvalue weighted by molar-refractivity contribution is 5.92. The topological polar surface area (TPSA) is 76.7 Å². The summed E-state index contributed by atoms with van der Waals surface area (Å²) in [6.07, 6.45) is 3.61. The number of piperazine rings is 1. The Kier molecular flexibility index (Phi) is 9.42. The van der Waals surface area contributed by atoms with Crippen molar-refractivity contribution < 1.29 is 9.53 Å². The number of ether oxygens (including phenoxy) is 1. The molecule has 4 aromatic rings. The number of H-pyrrole nitrogens is 1. The largest absolute Gasteiger partial charge is 0.492 e. The van der Waals surface area contributed by atoms with Crippen LogP contribution in [-0.2, 0) is 10.2 Å². The minimum Gasteiger partial charge on any atom is -0.492 e. The molecule has 8 heteroatoms. The quantitative estimate of drug-likeness (QED) is 0.225. The van der Waals surface area contributed by atoms with Crippen molar-refractivity contribution in [1.82, 2.24) is 19.8 Å². The smallest absolute Gasteiger partial charge is 0.238 e. The number of nitrogens with zero attached hydrogens (tertiary/aromatic N) is 4. The number of benzene rings is 3. The molecule has 1 aromatic heterocycles. The van der Waals surface area contributed by atoms with Crippen molar-refractivity contribution in [2.75, 3.05) is 62.6 Å². The van der Waals surface area contributed by atoms with Crippen LogP contribution in [-0.4, -0.2) is 84.1 Å². The second-order valence-electron chi connectivity index (χ2n) is 13.7. The Balaban J connectivity index is 0.968. The van der Waals surface area contributed by atoms with Gasteiger partial charge in [0.1, 0.15) is 23.7 Å². The van der Waals surface area contributed by atoms with Crippen molar-refractivity contribution in [2.24, 2.45) is 0 Å². The van der Waals surface area contributed by atoms with E-state index in [-0.39, 0.29) is 11.3 Å². The Labute approximate surface area is 267 Å². The summed E-state index contributed by atoms with van der Waals surface area (Å²) in [6, 6.07) is 23.4. The molecule has 3 aromatic carbocycles. The molecular formula is C37H48N6O2. The maximum absolute atomic E-state index is 12.5. The van der Waals surface area contributed by atoms with Gasteiger partial charge in [0.15, 0.2) is 0 Å². The zero-order valence-corrected chi connectivity index (χ0v) is 27.3. The monoisotopic (exact) mass is 608 g/mol. The van der Waals surface area contributed by atoms with E-state index in [0.717, 1.165) is 73.1 Å². The van der Waals surface area contributed by atoms with Gasteiger partial charge in [-0.15, -0.1) is 0 Å². The maximum Gasteiger partial charge on any atom is 0.238 e. The van der Waals surface area contributed by atoms with Crippen LogP contribution in [0.15, 0.2) is 66.7 Å². The number of carbonyl (C=O) groups excluding carboxylic acids is 1. The Morgan fingerprint density at radius 3 is 2.42 bits per heavy atom. The molecule has 2 saturated heterocycles. The van der Waals surface area contributed by atoms with Crippen LogP contribution >= 0.6 is 0 Å². The van der Waals surface area contributed by atoms with Gasteiger partial charge in [-0.25, -0.2) is 4.98 Å². The van der Waals surface area contributed by atoms with Crippen LogP contribution in [0.25, 0.3) is 22.4 Å². The van der Waals surface area contributed by atoms with Gasteiger partial charge in [0.25, 0.3) is 0 Å². The van der Waals surface area contributed by atoms with Crippen LogP contribution < -0.4 is 15.0 Å². The van der Waals surface area contributed by atoms with Gasteiger partial charge in [-0.3, -0.25) is 14.6 Å². The molecule has 1 unspecified atom stereocenters. The van der Waals surface area contributed by atoms with E-state index < -0.39 is 0 Å². The molecule has 3 heterocycles. The number of piperidine rings is 1. The number of hydrogen-bond donors (Lipinski definition) is 2. The van der Waals surface area contributed by atoms with Crippen LogP contribution in [0.4, 0.5) is 11.4 Å². The number of likely N-dealkylation sites (tertiary alicyclic amines) is 1. The molecule has 6 rings (SSSR count). The number of rotatable bonds is 9. The standard InChI is InChI=1S/C37H48N6O2/c1-27-8-5-6-19-43(27)26-34(44)38-30-15-17-31(18-16-30)45-25-24-41-20-22-42(23-21-41)33-10-7-9-32-35(33)40-36(39-32)28-11-13-29(14-12-28)37(2,3)4/h7,9-18,27H,5-6,8,19-26H2,1-4H3,(H,38,44)(H,39,40). The fourth-order valence-electron chi connectivity index (χ4n) is 6.45. The average Bonchev–Trinajstić information content (AvgIpc) is 3.48. The zero-order valence-electron chi connectivity index (χ0n) is 27.3. The summed E-state index contributed by atoms with van der Waals surface area (Å²) >= 11 is 0. The molecule has 238 valence electrons. The number of nitrogens with one attached hydrogen (secondary N) is 2. The number of para-hydroxylation sites is 1. The predicted molar refractivity (Wildman–Crippen MR) is 184 cm³/mol. The number of anilines is 2. The first kappa shape index (κ1) is 31.1. The summed E-state index contributed by atoms with van der Waals surface area (Å²) < 4.78 is 6.05. The van der Waals surface area contributed by atoms with Crippen molar-refractivity contribution in [3.63, 3.8) is 0 Å². The minimum atomic E-state index is 0.0476. The molecule has 2 fully saturated rings. The molecule has 2 aliphatic heterocycles. The maximum atomic E-state index is 12.5. The summed E-state index contributed by atoms with van der Waals surface area (Å²) in [5.41, 5.74) is 6.66. The van der Waals surface area contributed by atoms with Gasteiger partial charge in [-0.2, -0.15) is 0 Å². The summed E-state index contributed by atoms with van der Waals surface area (Å²) in [5.74, 6) is 1.79. The minimum absolute atomic E-state index is 0.0476. The summed E-state index contributed by atoms with van der Waals surface area (Å²) in [6.45, 7) is 15.7. The van der Waals surface area contributed by atoms with Gasteiger partial charge < -0.3 is 19.9 Å². The van der Waals surface area contributed by atoms with E-state index in [9.17, 15) is 4.79 Å². The van der Waals surface area contributed by atoms with Gasteiger partial charge in [-0.1, -0.05) is 57.5 Å². The van der Waals surface area contributed by atoms with Crippen LogP contribution in [0, 0.1) is 0 Å². The number of aromatic nitrogens is 2. The van der Waals surface area contributed by atoms with E-state index in [1.807, 2.05) is 24.3 Å². The van der Waals surface area contributed by atoms with Crippen LogP contribution in [0.5, 0.6) is 5.75 Å². The zero-order chi connectivity index (χ0) is 31.4. The molecule has 0 bridgehead atoms. The van der Waals surface area contributed by atoms with Crippen molar-refractivity contribution >= 4 is 28.3 Å². The molecular weight excluding hydrogens is 560 g/mol. The highest BCUT2D eigenvalue weighted by Gasteiger charge is 2.22. The highest BCUT2D eigenvalue weighted by Crippen LogP contribution is 2.30. The highest BCUT2D eigenvalue weighted by atomic mass is 16.5. The Bertz CT molecular complexity index is 1570. The van der Waals surface area contributed by atoms with E-state index in [2.05, 4.69) is 95.2 Å². The SMILES string of the molecule is CC1CCCCN1CC(=O)Nc1ccc(OCCN2CCN(c3cccc4[nH]c(-c5ccc(C(C)(C)C)cc5)nc34)CC2)cc1. The van der Waals surface area contributed by atoms with E-state index >= 15 is 0 Å². The third kappa shape index (κ3) is 7.68. The summed E-state index contributed by atoms with van der Waals surface area (Å²) in [4.78, 5) is 28.3. The first-order valence-corrected chi connectivity index (χ1v) is 16.6. The molecule has 8 nitrogen and oxygen atoms in total. The molecule has 45 heavy (non-hydrogen) atoms. The van der Waals surface area contributed by atoms with Gasteiger partial charge in [0.05, 0.1) is 17.7 Å². The molecule has 0 spiro atoms. The number of amides is 1. The lowest BCUT2D eigenvalue weighted by Gasteiger charge is -2.36. The molecule has 1 amide bonds. The number of fused-ring (bicyclic) bond motifs is 1. The Morgan fingerprint density at radius 1 is 0.956 bits per heavy atom. The summed E-state index contributed by atoms with van der Waals surface area (Å²) in [5, 5.41) is 3.03. The molecule has 0 aliphatic carbocycles.